The normalized spacial score (nSPS) is 10.9. The SMILES string of the molecule is C.C#C.CC.Cc1cc(C)c2c(c1)CCC2. The molecule has 0 heteroatoms. The summed E-state index contributed by atoms with van der Waals surface area (Å²) in [4.78, 5) is 0. The Morgan fingerprint density at radius 1 is 1.00 bits per heavy atom. The van der Waals surface area contributed by atoms with Crippen molar-refractivity contribution < 1.29 is 0 Å². The molecule has 2 rings (SSSR count). The van der Waals surface area contributed by atoms with Crippen molar-refractivity contribution in [3.05, 3.63) is 34.4 Å². The fourth-order valence-corrected chi connectivity index (χ4v) is 2.12. The van der Waals surface area contributed by atoms with E-state index in [2.05, 4.69) is 38.8 Å². The number of hydrogen-bond donors (Lipinski definition) is 0. The molecule has 0 N–H and O–H groups in total. The molecule has 0 atom stereocenters. The van der Waals surface area contributed by atoms with Gasteiger partial charge in [0.05, 0.1) is 0 Å². The Bertz CT molecular complexity index is 318. The lowest BCUT2D eigenvalue weighted by Crippen LogP contribution is -1.88. The summed E-state index contributed by atoms with van der Waals surface area (Å²) in [6, 6.07) is 4.64. The van der Waals surface area contributed by atoms with Gasteiger partial charge in [0.25, 0.3) is 0 Å². The highest BCUT2D eigenvalue weighted by atomic mass is 14.2. The molecule has 0 radical (unpaired) electrons. The average molecular weight is 218 g/mol. The monoisotopic (exact) mass is 218 g/mol. The Balaban J connectivity index is 0. The summed E-state index contributed by atoms with van der Waals surface area (Å²) >= 11 is 0. The average Bonchev–Trinajstić information content (AvgIpc) is 2.72. The molecule has 1 aliphatic carbocycles. The highest BCUT2D eigenvalue weighted by molar-refractivity contribution is 5.40. The van der Waals surface area contributed by atoms with Crippen LogP contribution in [-0.4, -0.2) is 0 Å². The minimum Gasteiger partial charge on any atom is -0.124 e. The number of benzene rings is 1. The smallest absolute Gasteiger partial charge is 0.0270 e. The Labute approximate surface area is 102 Å². The van der Waals surface area contributed by atoms with Crippen molar-refractivity contribution >= 4 is 0 Å². The zero-order valence-corrected chi connectivity index (χ0v) is 10.4. The zero-order chi connectivity index (χ0) is 11.8. The third kappa shape index (κ3) is 4.11. The van der Waals surface area contributed by atoms with Crippen molar-refractivity contribution in [1.82, 2.24) is 0 Å². The maximum atomic E-state index is 4.00. The van der Waals surface area contributed by atoms with Crippen LogP contribution < -0.4 is 0 Å². The van der Waals surface area contributed by atoms with E-state index in [1.165, 1.54) is 30.4 Å². The van der Waals surface area contributed by atoms with Gasteiger partial charge in [-0.2, -0.15) is 0 Å². The van der Waals surface area contributed by atoms with Gasteiger partial charge in [-0.3, -0.25) is 0 Å². The summed E-state index contributed by atoms with van der Waals surface area (Å²) in [6.07, 6.45) is 12.0. The molecule has 0 unspecified atom stereocenters. The van der Waals surface area contributed by atoms with Gasteiger partial charge in [-0.05, 0) is 49.8 Å². The third-order valence-corrected chi connectivity index (χ3v) is 2.58. The maximum Gasteiger partial charge on any atom is -0.0270 e. The van der Waals surface area contributed by atoms with Crippen molar-refractivity contribution in [2.75, 3.05) is 0 Å². The van der Waals surface area contributed by atoms with E-state index in [9.17, 15) is 0 Å². The van der Waals surface area contributed by atoms with E-state index in [4.69, 9.17) is 0 Å². The Hall–Kier alpha value is -1.22. The fourth-order valence-electron chi connectivity index (χ4n) is 2.12. The van der Waals surface area contributed by atoms with Gasteiger partial charge in [-0.1, -0.05) is 39.0 Å². The quantitative estimate of drug-likeness (QED) is 0.553. The van der Waals surface area contributed by atoms with Crippen LogP contribution in [0.3, 0.4) is 0 Å². The Kier molecular flexibility index (Phi) is 9.71. The van der Waals surface area contributed by atoms with Crippen molar-refractivity contribution in [2.24, 2.45) is 0 Å². The van der Waals surface area contributed by atoms with Gasteiger partial charge in [0.1, 0.15) is 0 Å². The van der Waals surface area contributed by atoms with E-state index >= 15 is 0 Å². The second-order valence-corrected chi connectivity index (χ2v) is 3.57. The summed E-state index contributed by atoms with van der Waals surface area (Å²) in [5.74, 6) is 0. The van der Waals surface area contributed by atoms with E-state index in [1.807, 2.05) is 13.8 Å². The highest BCUT2D eigenvalue weighted by Crippen LogP contribution is 2.25. The van der Waals surface area contributed by atoms with E-state index in [-0.39, 0.29) is 7.43 Å². The van der Waals surface area contributed by atoms with Gasteiger partial charge in [0.2, 0.25) is 0 Å². The summed E-state index contributed by atoms with van der Waals surface area (Å²) in [5.41, 5.74) is 6.14. The van der Waals surface area contributed by atoms with Crippen LogP contribution >= 0.6 is 0 Å². The van der Waals surface area contributed by atoms with Gasteiger partial charge >= 0.3 is 0 Å². The molecular formula is C16H26. The number of rotatable bonds is 0. The second kappa shape index (κ2) is 9.04. The fraction of sp³-hybridized carbons (Fsp3) is 0.500. The van der Waals surface area contributed by atoms with Crippen LogP contribution in [-0.2, 0) is 12.8 Å². The topological polar surface area (TPSA) is 0 Å². The number of hydrogen-bond acceptors (Lipinski definition) is 0. The van der Waals surface area contributed by atoms with E-state index in [0.717, 1.165) is 0 Å². The van der Waals surface area contributed by atoms with Crippen LogP contribution in [0, 0.1) is 26.7 Å². The van der Waals surface area contributed by atoms with Crippen LogP contribution in [0.2, 0.25) is 0 Å². The van der Waals surface area contributed by atoms with Crippen LogP contribution in [0.25, 0.3) is 0 Å². The first-order valence-electron chi connectivity index (χ1n) is 5.70. The van der Waals surface area contributed by atoms with Gasteiger partial charge in [-0.25, -0.2) is 0 Å². The summed E-state index contributed by atoms with van der Waals surface area (Å²) in [5, 5.41) is 0. The minimum absolute atomic E-state index is 0. The van der Waals surface area contributed by atoms with E-state index < -0.39 is 0 Å². The largest absolute Gasteiger partial charge is 0.124 e. The number of aryl methyl sites for hydroxylation is 3. The van der Waals surface area contributed by atoms with E-state index in [1.54, 1.807) is 11.1 Å². The minimum atomic E-state index is 0. The van der Waals surface area contributed by atoms with Crippen LogP contribution in [0.5, 0.6) is 0 Å². The lowest BCUT2D eigenvalue weighted by Gasteiger charge is -2.04. The van der Waals surface area contributed by atoms with Crippen LogP contribution in [0.4, 0.5) is 0 Å². The Morgan fingerprint density at radius 3 is 2.12 bits per heavy atom. The van der Waals surface area contributed by atoms with Crippen molar-refractivity contribution in [3.63, 3.8) is 0 Å². The molecule has 0 bridgehead atoms. The van der Waals surface area contributed by atoms with Crippen molar-refractivity contribution in [3.8, 4) is 12.8 Å². The molecule has 1 aliphatic rings. The van der Waals surface area contributed by atoms with Crippen LogP contribution in [0.15, 0.2) is 12.1 Å². The summed E-state index contributed by atoms with van der Waals surface area (Å²) in [7, 11) is 0. The first-order chi connectivity index (χ1) is 7.27. The third-order valence-electron chi connectivity index (χ3n) is 2.58. The predicted molar refractivity (Wildman–Crippen MR) is 75.9 cm³/mol. The van der Waals surface area contributed by atoms with Gasteiger partial charge in [-0.15, -0.1) is 12.8 Å². The first kappa shape index (κ1) is 17.2. The van der Waals surface area contributed by atoms with Crippen molar-refractivity contribution in [1.29, 1.82) is 0 Å². The molecule has 90 valence electrons. The van der Waals surface area contributed by atoms with Gasteiger partial charge in [0.15, 0.2) is 0 Å². The molecule has 0 nitrogen and oxygen atoms in total. The molecule has 1 aromatic carbocycles. The highest BCUT2D eigenvalue weighted by Gasteiger charge is 2.12. The number of terminal acetylenes is 1. The molecule has 16 heavy (non-hydrogen) atoms. The zero-order valence-electron chi connectivity index (χ0n) is 10.4. The maximum absolute atomic E-state index is 4.00. The molecule has 0 heterocycles. The molecule has 0 saturated heterocycles. The summed E-state index contributed by atoms with van der Waals surface area (Å²) < 4.78 is 0. The van der Waals surface area contributed by atoms with Crippen molar-refractivity contribution in [2.45, 2.75) is 54.4 Å². The molecule has 0 aromatic heterocycles. The predicted octanol–water partition coefficient (Wildman–Crippen LogP) is 4.70. The standard InChI is InChI=1S/C11H14.C2H6.C2H2.CH4/c1-8-6-9(2)11-5-3-4-10(11)7-8;2*1-2;/h6-7H,3-5H2,1-2H3;1-2H3;1-2H;1H4. The van der Waals surface area contributed by atoms with Gasteiger partial charge in [0, 0.05) is 0 Å². The second-order valence-electron chi connectivity index (χ2n) is 3.57. The Morgan fingerprint density at radius 2 is 1.56 bits per heavy atom. The molecular weight excluding hydrogens is 192 g/mol. The molecule has 1 aromatic rings. The molecule has 0 fully saturated rings. The number of fused-ring (bicyclic) bond motifs is 1. The molecule has 0 saturated carbocycles. The molecule has 0 aliphatic heterocycles. The lowest BCUT2D eigenvalue weighted by atomic mass is 10.0. The van der Waals surface area contributed by atoms with E-state index in [0.29, 0.717) is 0 Å². The first-order valence-corrected chi connectivity index (χ1v) is 5.70. The molecule has 0 amide bonds. The van der Waals surface area contributed by atoms with Crippen LogP contribution in [0.1, 0.15) is 49.9 Å². The lowest BCUT2D eigenvalue weighted by molar-refractivity contribution is 0.909. The summed E-state index contributed by atoms with van der Waals surface area (Å²) in [6.45, 7) is 8.42. The molecule has 0 spiro atoms. The van der Waals surface area contributed by atoms with Gasteiger partial charge < -0.3 is 0 Å².